The molecule has 0 radical (unpaired) electrons. The van der Waals surface area contributed by atoms with Crippen LogP contribution in [0.3, 0.4) is 0 Å². The summed E-state index contributed by atoms with van der Waals surface area (Å²) in [5.41, 5.74) is 4.16. The van der Waals surface area contributed by atoms with Crippen LogP contribution in [0.1, 0.15) is 39.9 Å². The number of aryl methyl sites for hydroxylation is 2. The van der Waals surface area contributed by atoms with Gasteiger partial charge in [0.25, 0.3) is 5.91 Å². The summed E-state index contributed by atoms with van der Waals surface area (Å²) in [6.45, 7) is 7.49. The van der Waals surface area contributed by atoms with Crippen molar-refractivity contribution in [2.75, 3.05) is 33.2 Å². The van der Waals surface area contributed by atoms with Gasteiger partial charge in [0.1, 0.15) is 0 Å². The molecule has 5 nitrogen and oxygen atoms in total. The Morgan fingerprint density at radius 1 is 1.10 bits per heavy atom. The molecule has 0 aliphatic carbocycles. The van der Waals surface area contributed by atoms with Crippen molar-refractivity contribution < 1.29 is 9.59 Å². The number of rotatable bonds is 7. The van der Waals surface area contributed by atoms with Crippen molar-refractivity contribution in [3.63, 3.8) is 0 Å². The molecule has 1 heterocycles. The Morgan fingerprint density at radius 3 is 2.50 bits per heavy atom. The lowest BCUT2D eigenvalue weighted by atomic mass is 9.96. The van der Waals surface area contributed by atoms with Crippen LogP contribution in [-0.4, -0.2) is 54.8 Å². The topological polar surface area (TPSA) is 52.7 Å². The molecule has 1 saturated heterocycles. The monoisotopic (exact) mass is 407 g/mol. The minimum absolute atomic E-state index is 0.0295. The van der Waals surface area contributed by atoms with Crippen molar-refractivity contribution in [1.82, 2.24) is 15.1 Å². The van der Waals surface area contributed by atoms with Crippen molar-refractivity contribution in [2.45, 2.75) is 33.2 Å². The van der Waals surface area contributed by atoms with E-state index in [0.29, 0.717) is 13.1 Å². The highest BCUT2D eigenvalue weighted by atomic mass is 16.2. The van der Waals surface area contributed by atoms with Gasteiger partial charge in [0, 0.05) is 38.3 Å². The lowest BCUT2D eigenvalue weighted by Gasteiger charge is -2.32. The number of hydrogen-bond acceptors (Lipinski definition) is 3. The number of nitrogens with zero attached hydrogens (tertiary/aromatic N) is 2. The molecule has 0 bridgehead atoms. The molecule has 1 atom stereocenters. The summed E-state index contributed by atoms with van der Waals surface area (Å²) < 4.78 is 0. The first kappa shape index (κ1) is 22.0. The highest BCUT2D eigenvalue weighted by molar-refractivity contribution is 5.95. The van der Waals surface area contributed by atoms with E-state index < -0.39 is 0 Å². The molecule has 0 saturated carbocycles. The minimum atomic E-state index is -0.131. The molecule has 2 aromatic carbocycles. The minimum Gasteiger partial charge on any atom is -0.355 e. The molecule has 2 aromatic rings. The van der Waals surface area contributed by atoms with E-state index in [1.807, 2.05) is 49.1 Å². The van der Waals surface area contributed by atoms with Crippen molar-refractivity contribution in [2.24, 2.45) is 5.92 Å². The van der Waals surface area contributed by atoms with Gasteiger partial charge < -0.3 is 15.1 Å². The molecule has 30 heavy (non-hydrogen) atoms. The molecule has 1 aliphatic heterocycles. The van der Waals surface area contributed by atoms with Crippen LogP contribution in [0.25, 0.3) is 0 Å². The number of hydrogen-bond donors (Lipinski definition) is 1. The number of benzene rings is 2. The Kier molecular flexibility index (Phi) is 7.63. The van der Waals surface area contributed by atoms with Crippen LogP contribution in [0.4, 0.5) is 0 Å². The molecule has 5 heteroatoms. The molecular weight excluding hydrogens is 374 g/mol. The number of nitrogens with one attached hydrogen (secondary N) is 1. The molecule has 160 valence electrons. The normalized spacial score (nSPS) is 16.5. The maximum Gasteiger partial charge on any atom is 0.253 e. The Bertz CT molecular complexity index is 846. The number of amides is 2. The Labute approximate surface area is 180 Å². The maximum atomic E-state index is 12.9. The average Bonchev–Trinajstić information content (AvgIpc) is 2.73. The lowest BCUT2D eigenvalue weighted by Crippen LogP contribution is -2.46. The number of likely N-dealkylation sites (N-methyl/N-ethyl adjacent to an activating group) is 1. The van der Waals surface area contributed by atoms with E-state index in [2.05, 4.69) is 35.5 Å². The molecule has 1 unspecified atom stereocenters. The number of carbonyl (C=O) groups is 2. The van der Waals surface area contributed by atoms with Crippen molar-refractivity contribution in [3.8, 4) is 0 Å². The van der Waals surface area contributed by atoms with Gasteiger partial charge in [-0.15, -0.1) is 0 Å². The summed E-state index contributed by atoms with van der Waals surface area (Å²) in [5, 5.41) is 3.07. The molecular formula is C25H33N3O2. The van der Waals surface area contributed by atoms with Gasteiger partial charge in [-0.3, -0.25) is 9.59 Å². The maximum absolute atomic E-state index is 12.9. The van der Waals surface area contributed by atoms with E-state index in [9.17, 15) is 9.59 Å². The fourth-order valence-electron chi connectivity index (χ4n) is 4.14. The zero-order chi connectivity index (χ0) is 21.5. The second kappa shape index (κ2) is 10.4. The van der Waals surface area contributed by atoms with E-state index in [1.165, 1.54) is 5.56 Å². The quantitative estimate of drug-likeness (QED) is 0.765. The van der Waals surface area contributed by atoms with Crippen LogP contribution in [0, 0.1) is 19.8 Å². The predicted molar refractivity (Wildman–Crippen MR) is 120 cm³/mol. The SMILES string of the molecule is Cc1cc(C)cc(C(=O)N2CCCC(C(=O)NCCN(C)Cc3ccccc3)C2)c1. The Balaban J connectivity index is 1.47. The van der Waals surface area contributed by atoms with E-state index >= 15 is 0 Å². The van der Waals surface area contributed by atoms with Crippen molar-refractivity contribution in [1.29, 1.82) is 0 Å². The van der Waals surface area contributed by atoms with Gasteiger partial charge in [-0.25, -0.2) is 0 Å². The van der Waals surface area contributed by atoms with E-state index in [0.717, 1.165) is 49.2 Å². The molecule has 1 aliphatic rings. The van der Waals surface area contributed by atoms with Crippen molar-refractivity contribution >= 4 is 11.8 Å². The standard InChI is InChI=1S/C25H33N3O2/c1-19-14-20(2)16-23(15-19)25(30)28-12-7-10-22(18-28)24(29)26-11-13-27(3)17-21-8-5-4-6-9-21/h4-6,8-9,14-16,22H,7,10-13,17-18H2,1-3H3,(H,26,29). The highest BCUT2D eigenvalue weighted by Crippen LogP contribution is 2.20. The molecule has 0 spiro atoms. The number of carbonyl (C=O) groups excluding carboxylic acids is 2. The van der Waals surface area contributed by atoms with Crippen LogP contribution < -0.4 is 5.32 Å². The zero-order valence-electron chi connectivity index (χ0n) is 18.4. The summed E-state index contributed by atoms with van der Waals surface area (Å²) in [5.74, 6) is -0.0454. The lowest BCUT2D eigenvalue weighted by molar-refractivity contribution is -0.126. The fourth-order valence-corrected chi connectivity index (χ4v) is 4.14. The summed E-state index contributed by atoms with van der Waals surface area (Å²) in [7, 11) is 2.06. The van der Waals surface area contributed by atoms with Crippen LogP contribution in [0.2, 0.25) is 0 Å². The summed E-state index contributed by atoms with van der Waals surface area (Å²) in [6.07, 6.45) is 1.70. The number of piperidine rings is 1. The third kappa shape index (κ3) is 6.17. The van der Waals surface area contributed by atoms with Gasteiger partial charge >= 0.3 is 0 Å². The Hall–Kier alpha value is -2.66. The highest BCUT2D eigenvalue weighted by Gasteiger charge is 2.28. The first-order valence-corrected chi connectivity index (χ1v) is 10.8. The summed E-state index contributed by atoms with van der Waals surface area (Å²) >= 11 is 0. The van der Waals surface area contributed by atoms with Crippen LogP contribution in [-0.2, 0) is 11.3 Å². The first-order valence-electron chi connectivity index (χ1n) is 10.8. The zero-order valence-corrected chi connectivity index (χ0v) is 18.4. The predicted octanol–water partition coefficient (Wildman–Crippen LogP) is 3.40. The first-order chi connectivity index (χ1) is 14.4. The van der Waals surface area contributed by atoms with E-state index in [4.69, 9.17) is 0 Å². The Morgan fingerprint density at radius 2 is 1.80 bits per heavy atom. The number of likely N-dealkylation sites (tertiary alicyclic amines) is 1. The average molecular weight is 408 g/mol. The molecule has 1 N–H and O–H groups in total. The molecule has 3 rings (SSSR count). The molecule has 2 amide bonds. The third-order valence-corrected chi connectivity index (χ3v) is 5.64. The van der Waals surface area contributed by atoms with Gasteiger partial charge in [-0.05, 0) is 51.4 Å². The van der Waals surface area contributed by atoms with E-state index in [1.54, 1.807) is 0 Å². The van der Waals surface area contributed by atoms with E-state index in [-0.39, 0.29) is 17.7 Å². The van der Waals surface area contributed by atoms with Gasteiger partial charge in [0.2, 0.25) is 5.91 Å². The summed E-state index contributed by atoms with van der Waals surface area (Å²) in [4.78, 5) is 29.7. The smallest absolute Gasteiger partial charge is 0.253 e. The van der Waals surface area contributed by atoms with Gasteiger partial charge in [-0.1, -0.05) is 47.5 Å². The van der Waals surface area contributed by atoms with Gasteiger partial charge in [-0.2, -0.15) is 0 Å². The molecule has 0 aromatic heterocycles. The van der Waals surface area contributed by atoms with Crippen LogP contribution in [0.15, 0.2) is 48.5 Å². The fraction of sp³-hybridized carbons (Fsp3) is 0.440. The summed E-state index contributed by atoms with van der Waals surface area (Å²) in [6, 6.07) is 16.2. The largest absolute Gasteiger partial charge is 0.355 e. The molecule has 1 fully saturated rings. The van der Waals surface area contributed by atoms with Gasteiger partial charge in [0.05, 0.1) is 5.92 Å². The van der Waals surface area contributed by atoms with Crippen molar-refractivity contribution in [3.05, 3.63) is 70.8 Å². The van der Waals surface area contributed by atoms with Crippen LogP contribution >= 0.6 is 0 Å². The second-order valence-electron chi connectivity index (χ2n) is 8.48. The third-order valence-electron chi connectivity index (χ3n) is 5.64. The van der Waals surface area contributed by atoms with Gasteiger partial charge in [0.15, 0.2) is 0 Å². The van der Waals surface area contributed by atoms with Crippen LogP contribution in [0.5, 0.6) is 0 Å². The second-order valence-corrected chi connectivity index (χ2v) is 8.48.